The van der Waals surface area contributed by atoms with Gasteiger partial charge in [0.1, 0.15) is 0 Å². The highest BCUT2D eigenvalue weighted by Gasteiger charge is 2.48. The molecule has 1 aromatic rings. The SMILES string of the molecule is N=C1S[C@@H]2CS(=O)(=O)C[C@H]2N1/N=C\c1ccncc1. The van der Waals surface area contributed by atoms with E-state index >= 15 is 0 Å². The van der Waals surface area contributed by atoms with Gasteiger partial charge in [-0.05, 0) is 17.7 Å². The van der Waals surface area contributed by atoms with E-state index in [1.54, 1.807) is 30.7 Å². The highest BCUT2D eigenvalue weighted by Crippen LogP contribution is 2.37. The number of hydrogen-bond donors (Lipinski definition) is 1. The second-order valence-corrected chi connectivity index (χ2v) is 7.86. The zero-order valence-corrected chi connectivity index (χ0v) is 11.6. The summed E-state index contributed by atoms with van der Waals surface area (Å²) >= 11 is 1.29. The summed E-state index contributed by atoms with van der Waals surface area (Å²) in [6.07, 6.45) is 4.95. The van der Waals surface area contributed by atoms with Crippen molar-refractivity contribution >= 4 is 33.0 Å². The van der Waals surface area contributed by atoms with Gasteiger partial charge in [-0.25, -0.2) is 13.4 Å². The molecule has 0 aliphatic carbocycles. The van der Waals surface area contributed by atoms with Crippen LogP contribution in [0.2, 0.25) is 0 Å². The summed E-state index contributed by atoms with van der Waals surface area (Å²) in [5.74, 6) is 0.229. The molecule has 2 atom stereocenters. The van der Waals surface area contributed by atoms with E-state index in [0.29, 0.717) is 5.17 Å². The van der Waals surface area contributed by atoms with E-state index in [0.717, 1.165) is 5.56 Å². The molecule has 2 saturated heterocycles. The predicted molar refractivity (Wildman–Crippen MR) is 75.2 cm³/mol. The van der Waals surface area contributed by atoms with Crippen molar-refractivity contribution in [2.75, 3.05) is 11.5 Å². The van der Waals surface area contributed by atoms with Crippen molar-refractivity contribution in [3.63, 3.8) is 0 Å². The molecule has 3 heterocycles. The van der Waals surface area contributed by atoms with Crippen molar-refractivity contribution in [1.29, 1.82) is 5.41 Å². The smallest absolute Gasteiger partial charge is 0.177 e. The van der Waals surface area contributed by atoms with Crippen LogP contribution in [-0.2, 0) is 9.84 Å². The maximum absolute atomic E-state index is 11.6. The zero-order valence-electron chi connectivity index (χ0n) is 9.93. The van der Waals surface area contributed by atoms with Gasteiger partial charge >= 0.3 is 0 Å². The topological polar surface area (TPSA) is 86.5 Å². The summed E-state index contributed by atoms with van der Waals surface area (Å²) in [7, 11) is -2.99. The molecular formula is C11H12N4O2S2. The minimum Gasteiger partial charge on any atom is -0.277 e. The lowest BCUT2D eigenvalue weighted by molar-refractivity contribution is 0.376. The number of sulfone groups is 1. The molecule has 0 amide bonds. The Balaban J connectivity index is 1.81. The van der Waals surface area contributed by atoms with Crippen LogP contribution in [0.5, 0.6) is 0 Å². The highest BCUT2D eigenvalue weighted by atomic mass is 32.2. The van der Waals surface area contributed by atoms with Crippen molar-refractivity contribution < 1.29 is 8.42 Å². The number of nitrogens with zero attached hydrogens (tertiary/aromatic N) is 3. The molecule has 6 nitrogen and oxygen atoms in total. The maximum Gasteiger partial charge on any atom is 0.177 e. The fourth-order valence-corrected chi connectivity index (χ4v) is 5.92. The van der Waals surface area contributed by atoms with E-state index in [9.17, 15) is 8.42 Å². The summed E-state index contributed by atoms with van der Waals surface area (Å²) < 4.78 is 23.2. The quantitative estimate of drug-likeness (QED) is 0.806. The molecule has 8 heteroatoms. The molecular weight excluding hydrogens is 284 g/mol. The number of aromatic nitrogens is 1. The van der Waals surface area contributed by atoms with Crippen LogP contribution in [0.1, 0.15) is 5.56 Å². The van der Waals surface area contributed by atoms with Crippen molar-refractivity contribution in [2.45, 2.75) is 11.3 Å². The first-order chi connectivity index (χ1) is 9.05. The van der Waals surface area contributed by atoms with Crippen LogP contribution in [0.25, 0.3) is 0 Å². The molecule has 0 bridgehead atoms. The van der Waals surface area contributed by atoms with Crippen molar-refractivity contribution in [3.8, 4) is 0 Å². The summed E-state index contributed by atoms with van der Waals surface area (Å²) in [4.78, 5) is 3.91. The van der Waals surface area contributed by atoms with Crippen molar-refractivity contribution in [2.24, 2.45) is 5.10 Å². The molecule has 2 aliphatic rings. The first-order valence-corrected chi connectivity index (χ1v) is 8.44. The molecule has 0 radical (unpaired) electrons. The Labute approximate surface area is 115 Å². The Morgan fingerprint density at radius 3 is 2.89 bits per heavy atom. The minimum absolute atomic E-state index is 0.0629. The van der Waals surface area contributed by atoms with E-state index in [1.807, 2.05) is 0 Å². The molecule has 0 aromatic carbocycles. The lowest BCUT2D eigenvalue weighted by Gasteiger charge is -2.17. The number of rotatable bonds is 2. The summed E-state index contributed by atoms with van der Waals surface area (Å²) in [5.41, 5.74) is 0.872. The number of fused-ring (bicyclic) bond motifs is 1. The average Bonchev–Trinajstić information content (AvgIpc) is 2.79. The van der Waals surface area contributed by atoms with Crippen LogP contribution in [-0.4, -0.2) is 52.6 Å². The number of hydrazone groups is 1. The predicted octanol–water partition coefficient (Wildman–Crippen LogP) is 0.565. The first-order valence-electron chi connectivity index (χ1n) is 5.74. The fraction of sp³-hybridized carbons (Fsp3) is 0.364. The number of pyridine rings is 1. The Bertz CT molecular complexity index is 629. The second-order valence-electron chi connectivity index (χ2n) is 4.48. The van der Waals surface area contributed by atoms with Crippen LogP contribution in [0.15, 0.2) is 29.6 Å². The Morgan fingerprint density at radius 1 is 1.42 bits per heavy atom. The molecule has 2 fully saturated rings. The van der Waals surface area contributed by atoms with Crippen LogP contribution < -0.4 is 0 Å². The van der Waals surface area contributed by atoms with Crippen molar-refractivity contribution in [3.05, 3.63) is 30.1 Å². The van der Waals surface area contributed by atoms with Crippen molar-refractivity contribution in [1.82, 2.24) is 9.99 Å². The fourth-order valence-electron chi connectivity index (χ4n) is 2.20. The van der Waals surface area contributed by atoms with Crippen LogP contribution in [0.4, 0.5) is 0 Å². The lowest BCUT2D eigenvalue weighted by Crippen LogP contribution is -2.32. The third-order valence-corrected chi connectivity index (χ3v) is 6.22. The summed E-state index contributed by atoms with van der Waals surface area (Å²) in [6.45, 7) is 0. The van der Waals surface area contributed by atoms with Gasteiger partial charge < -0.3 is 0 Å². The van der Waals surface area contributed by atoms with Gasteiger partial charge in [0, 0.05) is 17.6 Å². The lowest BCUT2D eigenvalue weighted by atomic mass is 10.2. The monoisotopic (exact) mass is 296 g/mol. The highest BCUT2D eigenvalue weighted by molar-refractivity contribution is 8.15. The normalized spacial score (nSPS) is 29.1. The second kappa shape index (κ2) is 4.61. The van der Waals surface area contributed by atoms with Crippen LogP contribution >= 0.6 is 11.8 Å². The van der Waals surface area contributed by atoms with Gasteiger partial charge in [0.15, 0.2) is 15.0 Å². The number of thioether (sulfide) groups is 1. The number of nitrogens with one attached hydrogen (secondary N) is 1. The molecule has 3 rings (SSSR count). The van der Waals surface area contributed by atoms with Gasteiger partial charge in [0.05, 0.1) is 23.8 Å². The van der Waals surface area contributed by atoms with Gasteiger partial charge in [-0.1, -0.05) is 11.8 Å². The van der Waals surface area contributed by atoms with E-state index in [1.165, 1.54) is 16.8 Å². The zero-order chi connectivity index (χ0) is 13.5. The molecule has 0 saturated carbocycles. The van der Waals surface area contributed by atoms with E-state index in [2.05, 4.69) is 10.1 Å². The van der Waals surface area contributed by atoms with Gasteiger partial charge in [-0.3, -0.25) is 10.4 Å². The molecule has 0 spiro atoms. The minimum atomic E-state index is -2.99. The molecule has 1 aromatic heterocycles. The largest absolute Gasteiger partial charge is 0.277 e. The van der Waals surface area contributed by atoms with Gasteiger partial charge in [0.2, 0.25) is 0 Å². The maximum atomic E-state index is 11.6. The Morgan fingerprint density at radius 2 is 2.16 bits per heavy atom. The molecule has 0 unspecified atom stereocenters. The standard InChI is InChI=1S/C11H12N4O2S2/c12-11-15(14-5-8-1-3-13-4-2-8)9-6-19(16,17)7-10(9)18-11/h1-5,9-10,12H,6-7H2/b12-11?,14-5-/t9-,10-/m1/s1. The number of hydrogen-bond acceptors (Lipinski definition) is 6. The summed E-state index contributed by atoms with van der Waals surface area (Å²) in [5, 5.41) is 13.9. The molecule has 1 N–H and O–H groups in total. The molecule has 100 valence electrons. The average molecular weight is 296 g/mol. The van der Waals surface area contributed by atoms with Crippen LogP contribution in [0.3, 0.4) is 0 Å². The molecule has 2 aliphatic heterocycles. The van der Waals surface area contributed by atoms with Gasteiger partial charge in [0.25, 0.3) is 0 Å². The van der Waals surface area contributed by atoms with Gasteiger partial charge in [-0.2, -0.15) is 5.10 Å². The third-order valence-electron chi connectivity index (χ3n) is 3.09. The van der Waals surface area contributed by atoms with E-state index in [-0.39, 0.29) is 22.8 Å². The number of amidine groups is 1. The van der Waals surface area contributed by atoms with Gasteiger partial charge in [-0.15, -0.1) is 0 Å². The van der Waals surface area contributed by atoms with Crippen LogP contribution in [0, 0.1) is 5.41 Å². The third kappa shape index (κ3) is 2.50. The molecule has 19 heavy (non-hydrogen) atoms. The van der Waals surface area contributed by atoms with E-state index < -0.39 is 9.84 Å². The van der Waals surface area contributed by atoms with E-state index in [4.69, 9.17) is 5.41 Å². The first kappa shape index (κ1) is 12.6. The summed E-state index contributed by atoms with van der Waals surface area (Å²) in [6, 6.07) is 3.40. The Kier molecular flexibility index (Phi) is 3.06. The Hall–Kier alpha value is -1.41.